The Kier molecular flexibility index (Phi) is 9.52. The minimum Gasteiger partial charge on any atom is -0.467 e. The molecule has 0 saturated heterocycles. The van der Waals surface area contributed by atoms with E-state index in [1.807, 2.05) is 0 Å². The second-order valence-corrected chi connectivity index (χ2v) is 11.7. The van der Waals surface area contributed by atoms with Crippen LogP contribution in [-0.2, 0) is 24.1 Å². The molecule has 1 unspecified atom stereocenters. The Morgan fingerprint density at radius 2 is 1.30 bits per heavy atom. The summed E-state index contributed by atoms with van der Waals surface area (Å²) in [6.45, 7) is 7.68. The highest BCUT2D eigenvalue weighted by Crippen LogP contribution is 2.29. The molecule has 4 rings (SSSR count). The van der Waals surface area contributed by atoms with Gasteiger partial charge in [-0.25, -0.2) is 0 Å². The first-order chi connectivity index (χ1) is 17.9. The molecule has 192 valence electrons. The fourth-order valence-electron chi connectivity index (χ4n) is 4.32. The number of hydrogen-bond acceptors (Lipinski definition) is 3. The summed E-state index contributed by atoms with van der Waals surface area (Å²) < 4.78 is 11.6. The van der Waals surface area contributed by atoms with Gasteiger partial charge in [0.15, 0.2) is 6.79 Å². The van der Waals surface area contributed by atoms with E-state index >= 15 is 0 Å². The molecule has 0 aliphatic heterocycles. The quantitative estimate of drug-likeness (QED) is 0.188. The topological polar surface area (TPSA) is 30.5 Å². The molecule has 0 saturated carbocycles. The van der Waals surface area contributed by atoms with Crippen molar-refractivity contribution >= 4 is 19.2 Å². The van der Waals surface area contributed by atoms with Crippen LogP contribution in [0, 0.1) is 0 Å². The third-order valence-corrected chi connectivity index (χ3v) is 7.53. The third-order valence-electron chi connectivity index (χ3n) is 6.13. The molecule has 0 radical (unpaired) electrons. The van der Waals surface area contributed by atoms with Gasteiger partial charge in [0.05, 0.1) is 0 Å². The smallest absolute Gasteiger partial charge is 0.188 e. The van der Waals surface area contributed by atoms with E-state index in [0.29, 0.717) is 8.58 Å². The van der Waals surface area contributed by atoms with Gasteiger partial charge in [-0.05, 0) is 66.4 Å². The number of nitrogens with one attached hydrogen (secondary N) is 1. The summed E-state index contributed by atoms with van der Waals surface area (Å²) in [5.74, 6) is 0.944. The lowest BCUT2D eigenvalue weighted by Gasteiger charge is -2.22. The van der Waals surface area contributed by atoms with Gasteiger partial charge in [-0.3, -0.25) is 0 Å². The first kappa shape index (κ1) is 27.1. The van der Waals surface area contributed by atoms with E-state index in [1.54, 1.807) is 7.11 Å². The Balaban J connectivity index is 1.76. The molecule has 0 aromatic heterocycles. The zero-order valence-electron chi connectivity index (χ0n) is 22.4. The van der Waals surface area contributed by atoms with Crippen LogP contribution in [0.15, 0.2) is 97.1 Å². The van der Waals surface area contributed by atoms with Crippen molar-refractivity contribution in [3.8, 4) is 5.75 Å². The van der Waals surface area contributed by atoms with Crippen molar-refractivity contribution in [2.75, 3.05) is 13.9 Å². The molecule has 37 heavy (non-hydrogen) atoms. The number of benzene rings is 4. The molecule has 4 heteroatoms. The fraction of sp³-hybridized carbons (Fsp3) is 0.273. The fourth-order valence-corrected chi connectivity index (χ4v) is 5.72. The first-order valence-corrected chi connectivity index (χ1v) is 13.9. The summed E-state index contributed by atoms with van der Waals surface area (Å²) in [4.78, 5) is 0. The minimum atomic E-state index is 0.0570. The predicted octanol–water partition coefficient (Wildman–Crippen LogP) is 6.37. The van der Waals surface area contributed by atoms with Gasteiger partial charge in [-0.2, -0.15) is 0 Å². The predicted molar refractivity (Wildman–Crippen MR) is 158 cm³/mol. The van der Waals surface area contributed by atoms with Crippen LogP contribution in [-0.4, -0.2) is 19.4 Å². The van der Waals surface area contributed by atoms with Crippen LogP contribution in [0.25, 0.3) is 0 Å². The number of ether oxygens (including phenoxy) is 2. The van der Waals surface area contributed by atoms with Crippen molar-refractivity contribution in [3.63, 3.8) is 0 Å². The molecule has 0 amide bonds. The Bertz CT molecular complexity index is 1270. The molecule has 4 aromatic rings. The highest BCUT2D eigenvalue weighted by molar-refractivity contribution is 7.55. The largest absolute Gasteiger partial charge is 0.467 e. The molecule has 0 bridgehead atoms. The Morgan fingerprint density at radius 1 is 0.676 bits per heavy atom. The molecule has 3 nitrogen and oxygen atoms in total. The molecule has 1 atom stereocenters. The molecule has 0 heterocycles. The van der Waals surface area contributed by atoms with E-state index in [-0.39, 0.29) is 12.3 Å². The maximum Gasteiger partial charge on any atom is 0.188 e. The van der Waals surface area contributed by atoms with Crippen molar-refractivity contribution in [2.45, 2.75) is 45.7 Å². The van der Waals surface area contributed by atoms with Gasteiger partial charge in [-0.1, -0.05) is 99.6 Å². The molecular formula is C33H38NO2P. The minimum absolute atomic E-state index is 0.0570. The van der Waals surface area contributed by atoms with E-state index in [1.165, 1.54) is 38.4 Å². The van der Waals surface area contributed by atoms with Crippen molar-refractivity contribution < 1.29 is 9.47 Å². The molecule has 0 aliphatic rings. The maximum atomic E-state index is 6.29. The van der Waals surface area contributed by atoms with Gasteiger partial charge in [0.1, 0.15) is 5.75 Å². The van der Waals surface area contributed by atoms with Crippen LogP contribution in [0.4, 0.5) is 0 Å². The van der Waals surface area contributed by atoms with E-state index < -0.39 is 0 Å². The van der Waals surface area contributed by atoms with Crippen LogP contribution < -0.4 is 20.7 Å². The average Bonchev–Trinajstić information content (AvgIpc) is 2.88. The Hall–Kier alpha value is -2.97. The zero-order valence-corrected chi connectivity index (χ0v) is 23.4. The van der Waals surface area contributed by atoms with Crippen LogP contribution in [0.1, 0.15) is 48.6 Å². The van der Waals surface area contributed by atoms with Gasteiger partial charge in [0.2, 0.25) is 0 Å². The highest BCUT2D eigenvalue weighted by Gasteiger charge is 2.17. The van der Waals surface area contributed by atoms with E-state index in [0.717, 1.165) is 25.1 Å². The highest BCUT2D eigenvalue weighted by atomic mass is 31.1. The first-order valence-electron chi connectivity index (χ1n) is 12.9. The second kappa shape index (κ2) is 13.0. The van der Waals surface area contributed by atoms with Crippen molar-refractivity contribution in [1.82, 2.24) is 5.32 Å². The molecule has 4 aromatic carbocycles. The van der Waals surface area contributed by atoms with Gasteiger partial charge in [-0.15, -0.1) is 0 Å². The summed E-state index contributed by atoms with van der Waals surface area (Å²) in [5.41, 5.74) is 6.46. The van der Waals surface area contributed by atoms with Gasteiger partial charge in [0, 0.05) is 30.9 Å². The molecular weight excluding hydrogens is 473 g/mol. The number of methoxy groups -OCH3 is 1. The lowest BCUT2D eigenvalue weighted by Crippen LogP contribution is -2.36. The summed E-state index contributed by atoms with van der Waals surface area (Å²) in [6, 6.07) is 34.7. The summed E-state index contributed by atoms with van der Waals surface area (Å²) in [6.07, 6.45) is 1.70. The second-order valence-electron chi connectivity index (χ2n) is 10.4. The van der Waals surface area contributed by atoms with Crippen molar-refractivity contribution in [3.05, 3.63) is 125 Å². The van der Waals surface area contributed by atoms with E-state index in [2.05, 4.69) is 123 Å². The van der Waals surface area contributed by atoms with Crippen molar-refractivity contribution in [1.29, 1.82) is 0 Å². The standard InChI is InChI=1S/C33H38NO2P/c1-33(2,3)34-23-28-17-11-12-18-30(28)37-31-22-27(19-25-13-7-5-8-14-25)21-29(32(31)36-24-35-4)20-26-15-9-6-10-16-26/h5-18,21-22,34,37H,19-20,23-24H2,1-4H3. The Labute approximate surface area is 224 Å². The van der Waals surface area contributed by atoms with Gasteiger partial charge < -0.3 is 14.8 Å². The number of hydrogen-bond donors (Lipinski definition) is 1. The van der Waals surface area contributed by atoms with E-state index in [4.69, 9.17) is 9.47 Å². The molecule has 0 aliphatic carbocycles. The van der Waals surface area contributed by atoms with Gasteiger partial charge in [0.25, 0.3) is 0 Å². The van der Waals surface area contributed by atoms with Crippen molar-refractivity contribution in [2.24, 2.45) is 0 Å². The monoisotopic (exact) mass is 511 g/mol. The average molecular weight is 512 g/mol. The lowest BCUT2D eigenvalue weighted by atomic mass is 9.98. The SMILES string of the molecule is COCOc1c(Cc2ccccc2)cc(Cc2ccccc2)cc1Pc1ccccc1CNC(C)(C)C. The lowest BCUT2D eigenvalue weighted by molar-refractivity contribution is 0.0513. The van der Waals surface area contributed by atoms with Crippen LogP contribution >= 0.6 is 8.58 Å². The van der Waals surface area contributed by atoms with Crippen LogP contribution in [0.5, 0.6) is 5.75 Å². The van der Waals surface area contributed by atoms with Crippen LogP contribution in [0.3, 0.4) is 0 Å². The summed E-state index contributed by atoms with van der Waals surface area (Å²) >= 11 is 0. The maximum absolute atomic E-state index is 6.29. The molecule has 0 spiro atoms. The third kappa shape index (κ3) is 8.27. The number of rotatable bonds is 11. The summed E-state index contributed by atoms with van der Waals surface area (Å²) in [5, 5.41) is 6.21. The molecule has 0 fully saturated rings. The zero-order chi connectivity index (χ0) is 26.1. The molecule has 1 N–H and O–H groups in total. The summed E-state index contributed by atoms with van der Waals surface area (Å²) in [7, 11) is 2.15. The van der Waals surface area contributed by atoms with E-state index in [9.17, 15) is 0 Å². The normalized spacial score (nSPS) is 11.8. The Morgan fingerprint density at radius 3 is 1.95 bits per heavy atom. The van der Waals surface area contributed by atoms with Gasteiger partial charge >= 0.3 is 0 Å². The van der Waals surface area contributed by atoms with Crippen LogP contribution in [0.2, 0.25) is 0 Å².